The first-order valence-electron chi connectivity index (χ1n) is 5.00. The van der Waals surface area contributed by atoms with E-state index in [9.17, 15) is 4.79 Å². The molecule has 0 aliphatic carbocycles. The van der Waals surface area contributed by atoms with Gasteiger partial charge in [0.1, 0.15) is 0 Å². The Morgan fingerprint density at radius 1 is 1.12 bits per heavy atom. The Labute approximate surface area is 115 Å². The maximum Gasteiger partial charge on any atom is 2.00 e. The van der Waals surface area contributed by atoms with Gasteiger partial charge in [0.2, 0.25) is 0 Å². The van der Waals surface area contributed by atoms with Crippen molar-refractivity contribution in [3.05, 3.63) is 54.6 Å². The van der Waals surface area contributed by atoms with Gasteiger partial charge >= 0.3 is 20.4 Å². The quantitative estimate of drug-likeness (QED) is 0.484. The minimum atomic E-state index is 0. The standard InChI is InChI=1S/C14H11NO.Pd/c1-15(11-16)14-10-6-5-9-13(14)12-7-3-2-4-8-12;/h2-7,9-10H,1H3;/q-2;+2. The predicted molar refractivity (Wildman–Crippen MR) is 64.8 cm³/mol. The molecule has 2 nitrogen and oxygen atoms in total. The van der Waals surface area contributed by atoms with Crippen LogP contribution < -0.4 is 4.90 Å². The largest absolute Gasteiger partial charge is 2.00 e. The van der Waals surface area contributed by atoms with Crippen LogP contribution in [0.1, 0.15) is 0 Å². The number of hydrogen-bond donors (Lipinski definition) is 0. The number of benzene rings is 2. The average Bonchev–Trinajstić information content (AvgIpc) is 2.39. The van der Waals surface area contributed by atoms with Crippen LogP contribution in [0.25, 0.3) is 11.1 Å². The van der Waals surface area contributed by atoms with E-state index in [0.29, 0.717) is 0 Å². The summed E-state index contributed by atoms with van der Waals surface area (Å²) in [6.07, 6.45) is 1.86. The number of amides is 1. The van der Waals surface area contributed by atoms with Gasteiger partial charge < -0.3 is 9.69 Å². The second kappa shape index (κ2) is 6.34. The van der Waals surface area contributed by atoms with Gasteiger partial charge in [-0.2, -0.15) is 11.1 Å². The van der Waals surface area contributed by atoms with E-state index in [1.165, 1.54) is 4.90 Å². The van der Waals surface area contributed by atoms with Gasteiger partial charge in [-0.3, -0.25) is 0 Å². The molecule has 0 unspecified atom stereocenters. The third-order valence-corrected chi connectivity index (χ3v) is 2.40. The molecular formula is C14H11NOPd. The molecule has 0 fully saturated rings. The average molecular weight is 316 g/mol. The van der Waals surface area contributed by atoms with Gasteiger partial charge in [-0.1, -0.05) is 12.1 Å². The predicted octanol–water partition coefficient (Wildman–Crippen LogP) is 2.65. The molecule has 0 heterocycles. The third-order valence-electron chi connectivity index (χ3n) is 2.40. The van der Waals surface area contributed by atoms with Gasteiger partial charge in [-0.15, -0.1) is 48.2 Å². The van der Waals surface area contributed by atoms with Crippen molar-refractivity contribution in [1.29, 1.82) is 0 Å². The Balaban J connectivity index is 0.00000144. The number of hydrogen-bond acceptors (Lipinski definition) is 1. The summed E-state index contributed by atoms with van der Waals surface area (Å²) in [6.45, 7) is 0. The summed E-state index contributed by atoms with van der Waals surface area (Å²) in [5.41, 5.74) is 2.79. The Hall–Kier alpha value is -1.43. The summed E-state index contributed by atoms with van der Waals surface area (Å²) in [5, 5.41) is 0. The Bertz CT molecular complexity index is 485. The fraction of sp³-hybridized carbons (Fsp3) is 0.0714. The molecule has 17 heavy (non-hydrogen) atoms. The molecule has 2 rings (SSSR count). The van der Waals surface area contributed by atoms with Crippen LogP contribution in [0, 0.1) is 6.07 Å². The molecule has 3 heteroatoms. The maximum atomic E-state index is 10.7. The van der Waals surface area contributed by atoms with Crippen molar-refractivity contribution in [2.24, 2.45) is 0 Å². The number of nitrogens with zero attached hydrogens (tertiary/aromatic N) is 1. The molecule has 2 aromatic rings. The van der Waals surface area contributed by atoms with Crippen LogP contribution >= 0.6 is 0 Å². The molecular weight excluding hydrogens is 305 g/mol. The molecule has 2 aromatic carbocycles. The van der Waals surface area contributed by atoms with E-state index in [1.807, 2.05) is 54.9 Å². The molecule has 0 saturated heterocycles. The molecule has 0 spiro atoms. The fourth-order valence-electron chi connectivity index (χ4n) is 1.60. The Morgan fingerprint density at radius 2 is 1.82 bits per heavy atom. The molecule has 1 amide bonds. The summed E-state index contributed by atoms with van der Waals surface area (Å²) in [4.78, 5) is 12.1. The van der Waals surface area contributed by atoms with Crippen LogP contribution in [-0.4, -0.2) is 13.5 Å². The monoisotopic (exact) mass is 315 g/mol. The van der Waals surface area contributed by atoms with Crippen molar-refractivity contribution in [1.82, 2.24) is 0 Å². The van der Waals surface area contributed by atoms with Gasteiger partial charge in [0, 0.05) is 0 Å². The molecule has 0 atom stereocenters. The second-order valence-electron chi connectivity index (χ2n) is 3.44. The Kier molecular flexibility index (Phi) is 5.09. The smallest absolute Gasteiger partial charge is 0.486 e. The zero-order valence-corrected chi connectivity index (χ0v) is 10.8. The molecule has 0 aliphatic rings. The van der Waals surface area contributed by atoms with Crippen LogP contribution in [-0.2, 0) is 25.2 Å². The first kappa shape index (κ1) is 13.6. The van der Waals surface area contributed by atoms with Crippen LogP contribution in [0.15, 0.2) is 48.5 Å². The van der Waals surface area contributed by atoms with Crippen LogP contribution in [0.2, 0.25) is 0 Å². The van der Waals surface area contributed by atoms with E-state index < -0.39 is 0 Å². The van der Waals surface area contributed by atoms with E-state index in [4.69, 9.17) is 0 Å². The van der Waals surface area contributed by atoms with Crippen molar-refractivity contribution in [2.45, 2.75) is 0 Å². The molecule has 0 aliphatic heterocycles. The number of rotatable bonds is 3. The zero-order valence-electron chi connectivity index (χ0n) is 9.29. The van der Waals surface area contributed by atoms with Gasteiger partial charge in [0.25, 0.3) is 0 Å². The maximum absolute atomic E-state index is 10.7. The molecule has 0 N–H and O–H groups in total. The molecule has 0 aromatic heterocycles. The number of carbonyl (C=O) groups excluding carboxylic acids is 1. The van der Waals surface area contributed by atoms with Crippen molar-refractivity contribution in [3.63, 3.8) is 0 Å². The molecule has 0 radical (unpaired) electrons. The van der Waals surface area contributed by atoms with Gasteiger partial charge in [-0.05, 0) is 7.05 Å². The first-order valence-corrected chi connectivity index (χ1v) is 5.00. The first-order chi connectivity index (χ1) is 7.83. The molecule has 88 valence electrons. The third kappa shape index (κ3) is 3.03. The summed E-state index contributed by atoms with van der Waals surface area (Å²) in [5.74, 6) is 0. The summed E-state index contributed by atoms with van der Waals surface area (Å²) in [7, 11) is 1.69. The summed E-state index contributed by atoms with van der Waals surface area (Å²) in [6, 6.07) is 18.5. The van der Waals surface area contributed by atoms with E-state index in [-0.39, 0.29) is 20.4 Å². The van der Waals surface area contributed by atoms with E-state index in [1.54, 1.807) is 7.05 Å². The normalized spacial score (nSPS) is 9.24. The van der Waals surface area contributed by atoms with E-state index in [2.05, 4.69) is 6.07 Å². The van der Waals surface area contributed by atoms with Gasteiger partial charge in [0.05, 0.1) is 6.41 Å². The van der Waals surface area contributed by atoms with Gasteiger partial charge in [-0.25, -0.2) is 0 Å². The van der Waals surface area contributed by atoms with Crippen molar-refractivity contribution >= 4 is 12.1 Å². The second-order valence-corrected chi connectivity index (χ2v) is 3.44. The molecule has 0 bridgehead atoms. The minimum Gasteiger partial charge on any atom is -0.486 e. The van der Waals surface area contributed by atoms with Gasteiger partial charge in [0.15, 0.2) is 0 Å². The van der Waals surface area contributed by atoms with Crippen LogP contribution in [0.5, 0.6) is 0 Å². The number of para-hydroxylation sites is 1. The Morgan fingerprint density at radius 3 is 2.47 bits per heavy atom. The van der Waals surface area contributed by atoms with Crippen molar-refractivity contribution in [2.75, 3.05) is 11.9 Å². The topological polar surface area (TPSA) is 20.3 Å². The fourth-order valence-corrected chi connectivity index (χ4v) is 1.60. The van der Waals surface area contributed by atoms with Crippen molar-refractivity contribution in [3.8, 4) is 11.1 Å². The van der Waals surface area contributed by atoms with E-state index >= 15 is 0 Å². The molecule has 0 saturated carbocycles. The van der Waals surface area contributed by atoms with E-state index in [0.717, 1.165) is 16.8 Å². The van der Waals surface area contributed by atoms with Crippen LogP contribution in [0.4, 0.5) is 5.69 Å². The zero-order chi connectivity index (χ0) is 11.4. The SMILES string of the molecule is CN([C-]=O)c1ccccc1-c1[c-]cccc1.[Pd+2]. The van der Waals surface area contributed by atoms with Crippen molar-refractivity contribution < 1.29 is 25.2 Å². The minimum absolute atomic E-state index is 0. The summed E-state index contributed by atoms with van der Waals surface area (Å²) >= 11 is 0. The van der Waals surface area contributed by atoms with Crippen LogP contribution in [0.3, 0.4) is 0 Å². The number of anilines is 1. The summed E-state index contributed by atoms with van der Waals surface area (Å²) < 4.78 is 0.